The van der Waals surface area contributed by atoms with Crippen molar-refractivity contribution in [3.05, 3.63) is 6.20 Å². The molecule has 0 unspecified atom stereocenters. The number of ether oxygens (including phenoxy) is 1. The minimum absolute atomic E-state index is 0.485. The fourth-order valence-electron chi connectivity index (χ4n) is 2.34. The van der Waals surface area contributed by atoms with Gasteiger partial charge in [-0.25, -0.2) is 0 Å². The zero-order valence-corrected chi connectivity index (χ0v) is 11.6. The third kappa shape index (κ3) is 4.98. The SMILES string of the molecule is COCCNc1cnnc(NC2CCCCCC2)n1. The number of aromatic nitrogens is 3. The van der Waals surface area contributed by atoms with Gasteiger partial charge in [0.1, 0.15) is 0 Å². The summed E-state index contributed by atoms with van der Waals surface area (Å²) >= 11 is 0. The van der Waals surface area contributed by atoms with E-state index in [9.17, 15) is 0 Å². The van der Waals surface area contributed by atoms with E-state index in [2.05, 4.69) is 25.8 Å². The zero-order chi connectivity index (χ0) is 13.3. The molecule has 19 heavy (non-hydrogen) atoms. The van der Waals surface area contributed by atoms with Gasteiger partial charge in [0.2, 0.25) is 5.95 Å². The fourth-order valence-corrected chi connectivity index (χ4v) is 2.34. The highest BCUT2D eigenvalue weighted by Gasteiger charge is 2.13. The fraction of sp³-hybridized carbons (Fsp3) is 0.769. The molecule has 106 valence electrons. The minimum atomic E-state index is 0.485. The number of hydrogen-bond acceptors (Lipinski definition) is 6. The Bertz CT molecular complexity index is 366. The summed E-state index contributed by atoms with van der Waals surface area (Å²) in [5.41, 5.74) is 0. The molecule has 0 aliphatic heterocycles. The van der Waals surface area contributed by atoms with E-state index in [0.29, 0.717) is 18.6 Å². The molecule has 1 aliphatic rings. The molecule has 1 aromatic heterocycles. The van der Waals surface area contributed by atoms with Gasteiger partial charge in [0.15, 0.2) is 5.82 Å². The Morgan fingerprint density at radius 1 is 1.26 bits per heavy atom. The summed E-state index contributed by atoms with van der Waals surface area (Å²) in [4.78, 5) is 4.42. The molecule has 2 rings (SSSR count). The van der Waals surface area contributed by atoms with Gasteiger partial charge in [-0.2, -0.15) is 10.1 Å². The topological polar surface area (TPSA) is 72.0 Å². The molecule has 0 atom stereocenters. The number of hydrogen-bond donors (Lipinski definition) is 2. The largest absolute Gasteiger partial charge is 0.383 e. The Labute approximate surface area is 114 Å². The molecule has 1 fully saturated rings. The highest BCUT2D eigenvalue weighted by molar-refractivity contribution is 5.37. The second-order valence-corrected chi connectivity index (χ2v) is 4.92. The third-order valence-electron chi connectivity index (χ3n) is 3.36. The van der Waals surface area contributed by atoms with E-state index in [0.717, 1.165) is 12.4 Å². The molecule has 0 radical (unpaired) electrons. The number of anilines is 2. The first-order valence-corrected chi connectivity index (χ1v) is 7.07. The van der Waals surface area contributed by atoms with Gasteiger partial charge in [-0.3, -0.25) is 0 Å². The van der Waals surface area contributed by atoms with Gasteiger partial charge in [-0.05, 0) is 12.8 Å². The molecule has 0 amide bonds. The predicted molar refractivity (Wildman–Crippen MR) is 75.3 cm³/mol. The molecule has 1 heterocycles. The van der Waals surface area contributed by atoms with Crippen LogP contribution in [0.1, 0.15) is 38.5 Å². The Morgan fingerprint density at radius 3 is 2.79 bits per heavy atom. The summed E-state index contributed by atoms with van der Waals surface area (Å²) in [6.07, 6.45) is 9.29. The van der Waals surface area contributed by atoms with Crippen LogP contribution in [-0.4, -0.2) is 41.5 Å². The monoisotopic (exact) mass is 265 g/mol. The lowest BCUT2D eigenvalue weighted by Gasteiger charge is -2.16. The smallest absolute Gasteiger partial charge is 0.244 e. The van der Waals surface area contributed by atoms with E-state index in [-0.39, 0.29) is 0 Å². The van der Waals surface area contributed by atoms with Crippen molar-refractivity contribution in [2.45, 2.75) is 44.6 Å². The lowest BCUT2D eigenvalue weighted by molar-refractivity contribution is 0.210. The van der Waals surface area contributed by atoms with Crippen molar-refractivity contribution in [3.63, 3.8) is 0 Å². The predicted octanol–water partition coefficient (Wildman–Crippen LogP) is 2.06. The maximum absolute atomic E-state index is 4.99. The second-order valence-electron chi connectivity index (χ2n) is 4.92. The Balaban J connectivity index is 1.86. The van der Waals surface area contributed by atoms with Crippen molar-refractivity contribution in [3.8, 4) is 0 Å². The van der Waals surface area contributed by atoms with Crippen molar-refractivity contribution in [2.24, 2.45) is 0 Å². The summed E-state index contributed by atoms with van der Waals surface area (Å²) in [6.45, 7) is 1.37. The summed E-state index contributed by atoms with van der Waals surface area (Å²) in [5, 5.41) is 14.6. The lowest BCUT2D eigenvalue weighted by atomic mass is 10.1. The maximum atomic E-state index is 4.99. The molecule has 0 aromatic carbocycles. The Kier molecular flexibility index (Phi) is 5.81. The summed E-state index contributed by atoms with van der Waals surface area (Å²) in [5.74, 6) is 1.36. The van der Waals surface area contributed by atoms with Crippen molar-refractivity contribution in [2.75, 3.05) is 30.9 Å². The zero-order valence-electron chi connectivity index (χ0n) is 11.6. The van der Waals surface area contributed by atoms with Crippen LogP contribution in [0.2, 0.25) is 0 Å². The average Bonchev–Trinajstić information content (AvgIpc) is 2.68. The van der Waals surface area contributed by atoms with Crippen LogP contribution in [0, 0.1) is 0 Å². The normalized spacial score (nSPS) is 16.9. The van der Waals surface area contributed by atoms with E-state index in [1.54, 1.807) is 13.3 Å². The summed E-state index contributed by atoms with van der Waals surface area (Å²) < 4.78 is 4.99. The van der Waals surface area contributed by atoms with Gasteiger partial charge in [0.05, 0.1) is 12.8 Å². The van der Waals surface area contributed by atoms with Crippen LogP contribution < -0.4 is 10.6 Å². The number of rotatable bonds is 6. The van der Waals surface area contributed by atoms with Crippen LogP contribution in [-0.2, 0) is 4.74 Å². The average molecular weight is 265 g/mol. The number of nitrogens with zero attached hydrogens (tertiary/aromatic N) is 3. The molecule has 6 nitrogen and oxygen atoms in total. The van der Waals surface area contributed by atoms with E-state index < -0.39 is 0 Å². The molecule has 1 saturated carbocycles. The van der Waals surface area contributed by atoms with E-state index in [4.69, 9.17) is 4.74 Å². The van der Waals surface area contributed by atoms with Crippen LogP contribution in [0.5, 0.6) is 0 Å². The minimum Gasteiger partial charge on any atom is -0.383 e. The van der Waals surface area contributed by atoms with E-state index >= 15 is 0 Å². The standard InChI is InChI=1S/C13H23N5O/c1-19-9-8-14-12-10-15-18-13(17-12)16-11-6-4-2-3-5-7-11/h10-11H,2-9H2,1H3,(H2,14,16,17,18). The molecule has 0 spiro atoms. The third-order valence-corrected chi connectivity index (χ3v) is 3.36. The van der Waals surface area contributed by atoms with Crippen LogP contribution in [0.3, 0.4) is 0 Å². The van der Waals surface area contributed by atoms with Crippen molar-refractivity contribution >= 4 is 11.8 Å². The Hall–Kier alpha value is -1.43. The van der Waals surface area contributed by atoms with Gasteiger partial charge in [-0.15, -0.1) is 5.10 Å². The quantitative estimate of drug-likeness (QED) is 0.606. The molecule has 2 N–H and O–H groups in total. The van der Waals surface area contributed by atoms with Gasteiger partial charge in [0, 0.05) is 19.7 Å². The molecular weight excluding hydrogens is 242 g/mol. The molecule has 1 aliphatic carbocycles. The highest BCUT2D eigenvalue weighted by atomic mass is 16.5. The second kappa shape index (κ2) is 7.89. The van der Waals surface area contributed by atoms with Gasteiger partial charge < -0.3 is 15.4 Å². The summed E-state index contributed by atoms with van der Waals surface area (Å²) in [7, 11) is 1.68. The number of methoxy groups -OCH3 is 1. The van der Waals surface area contributed by atoms with Crippen LogP contribution in [0.15, 0.2) is 6.20 Å². The van der Waals surface area contributed by atoms with Crippen LogP contribution in [0.25, 0.3) is 0 Å². The van der Waals surface area contributed by atoms with Gasteiger partial charge in [0.25, 0.3) is 0 Å². The first kappa shape index (κ1) is 14.0. The molecule has 0 saturated heterocycles. The van der Waals surface area contributed by atoms with Crippen molar-refractivity contribution in [1.82, 2.24) is 15.2 Å². The van der Waals surface area contributed by atoms with E-state index in [1.165, 1.54) is 38.5 Å². The molecular formula is C13H23N5O. The van der Waals surface area contributed by atoms with Crippen LogP contribution in [0.4, 0.5) is 11.8 Å². The van der Waals surface area contributed by atoms with Crippen LogP contribution >= 0.6 is 0 Å². The Morgan fingerprint density at radius 2 is 2.05 bits per heavy atom. The van der Waals surface area contributed by atoms with Crippen molar-refractivity contribution < 1.29 is 4.74 Å². The van der Waals surface area contributed by atoms with Gasteiger partial charge >= 0.3 is 0 Å². The first-order chi connectivity index (χ1) is 9.38. The summed E-state index contributed by atoms with van der Waals surface area (Å²) in [6, 6.07) is 0.485. The molecule has 6 heteroatoms. The number of nitrogens with one attached hydrogen (secondary N) is 2. The molecule has 0 bridgehead atoms. The van der Waals surface area contributed by atoms with E-state index in [1.807, 2.05) is 0 Å². The molecule has 1 aromatic rings. The maximum Gasteiger partial charge on any atom is 0.244 e. The highest BCUT2D eigenvalue weighted by Crippen LogP contribution is 2.19. The van der Waals surface area contributed by atoms with Crippen molar-refractivity contribution in [1.29, 1.82) is 0 Å². The first-order valence-electron chi connectivity index (χ1n) is 7.07. The lowest BCUT2D eigenvalue weighted by Crippen LogP contribution is -2.20. The van der Waals surface area contributed by atoms with Gasteiger partial charge in [-0.1, -0.05) is 25.7 Å².